The molecule has 0 saturated carbocycles. The van der Waals surface area contributed by atoms with Gasteiger partial charge in [0.15, 0.2) is 12.1 Å². The van der Waals surface area contributed by atoms with Gasteiger partial charge < -0.3 is 19.2 Å². The van der Waals surface area contributed by atoms with Crippen molar-refractivity contribution in [2.75, 3.05) is 6.61 Å². The van der Waals surface area contributed by atoms with E-state index in [1.165, 1.54) is 0 Å². The van der Waals surface area contributed by atoms with E-state index in [-0.39, 0.29) is 18.4 Å². The molecule has 0 unspecified atom stereocenters. The van der Waals surface area contributed by atoms with E-state index in [1.54, 1.807) is 0 Å². The lowest BCUT2D eigenvalue weighted by molar-refractivity contribution is -0.190. The Balaban J connectivity index is 1.19. The Kier molecular flexibility index (Phi) is 7.02. The van der Waals surface area contributed by atoms with Crippen LogP contribution in [-0.2, 0) is 16.0 Å². The van der Waals surface area contributed by atoms with Crippen LogP contribution in [0.25, 0.3) is 22.3 Å². The van der Waals surface area contributed by atoms with Crippen LogP contribution in [0.4, 0.5) is 0 Å². The van der Waals surface area contributed by atoms with Crippen LogP contribution >= 0.6 is 0 Å². The Morgan fingerprint density at radius 3 is 2.65 bits per heavy atom. The lowest BCUT2D eigenvalue weighted by Gasteiger charge is -2.34. The Hall–Kier alpha value is -3.43. The maximum absolute atomic E-state index is 6.13. The highest BCUT2D eigenvalue weighted by Crippen LogP contribution is 2.32. The van der Waals surface area contributed by atoms with E-state index in [9.17, 15) is 0 Å². The molecule has 2 aromatic heterocycles. The second-order valence-electron chi connectivity index (χ2n) is 8.44. The molecule has 172 valence electrons. The largest absolute Gasteiger partial charge is 0.455 e. The fourth-order valence-corrected chi connectivity index (χ4v) is 4.30. The molecule has 3 heterocycles. The lowest BCUT2D eigenvalue weighted by atomic mass is 10.0. The Morgan fingerprint density at radius 1 is 1.00 bits per heavy atom. The van der Waals surface area contributed by atoms with Crippen molar-refractivity contribution in [2.45, 2.75) is 44.7 Å². The summed E-state index contributed by atoms with van der Waals surface area (Å²) in [4.78, 5) is 4.37. The van der Waals surface area contributed by atoms with Crippen molar-refractivity contribution in [1.29, 1.82) is 0 Å². The molecule has 1 fully saturated rings. The lowest BCUT2D eigenvalue weighted by Crippen LogP contribution is -2.46. The first-order valence-electron chi connectivity index (χ1n) is 11.7. The highest BCUT2D eigenvalue weighted by molar-refractivity contribution is 5.91. The highest BCUT2D eigenvalue weighted by atomic mass is 16.7. The average molecular weight is 453 g/mol. The van der Waals surface area contributed by atoms with Gasteiger partial charge in [0, 0.05) is 36.2 Å². The fraction of sp³-hybridized carbons (Fsp3) is 0.276. The molecule has 5 heteroatoms. The molecular formula is C29H28N2O3. The first-order chi connectivity index (χ1) is 16.8. The molecule has 1 saturated heterocycles. The molecule has 1 aliphatic rings. The summed E-state index contributed by atoms with van der Waals surface area (Å²) in [6.45, 7) is 3.12. The zero-order valence-corrected chi connectivity index (χ0v) is 19.2. The number of aromatic nitrogens is 1. The molecule has 2 aromatic carbocycles. The summed E-state index contributed by atoms with van der Waals surface area (Å²) in [5.74, 6) is 7.25. The maximum Gasteiger partial charge on any atom is 0.159 e. The molecule has 1 aliphatic heterocycles. The zero-order chi connectivity index (χ0) is 23.2. The SMILES string of the molecule is C[C@@H]1O[C@@H](OCC#Cc2c(-c3ccccc3)oc3ccccc23)CC[C@@H]1NCc1ccccn1. The van der Waals surface area contributed by atoms with Crippen molar-refractivity contribution in [3.05, 3.63) is 90.3 Å². The molecular weight excluding hydrogens is 424 g/mol. The topological polar surface area (TPSA) is 56.5 Å². The van der Waals surface area contributed by atoms with Gasteiger partial charge in [-0.3, -0.25) is 4.98 Å². The van der Waals surface area contributed by atoms with E-state index in [1.807, 2.05) is 79.0 Å². The van der Waals surface area contributed by atoms with E-state index in [4.69, 9.17) is 13.9 Å². The number of rotatable bonds is 6. The van der Waals surface area contributed by atoms with Crippen molar-refractivity contribution >= 4 is 11.0 Å². The molecule has 0 aliphatic carbocycles. The van der Waals surface area contributed by atoms with Gasteiger partial charge in [0.1, 0.15) is 12.2 Å². The standard InChI is InChI=1S/C29H28N2O3/c1-21-26(31-20-23-12-7-8-18-30-23)16-17-28(33-21)32-19-9-14-25-24-13-5-6-15-27(24)34-29(25)22-10-3-2-4-11-22/h2-8,10-13,15,18,21,26,28,31H,16-17,19-20H2,1H3/t21-,26-,28+/m0/s1. The minimum Gasteiger partial charge on any atom is -0.455 e. The van der Waals surface area contributed by atoms with Gasteiger partial charge in [-0.15, -0.1) is 0 Å². The molecule has 5 rings (SSSR count). The van der Waals surface area contributed by atoms with Crippen molar-refractivity contribution < 1.29 is 13.9 Å². The van der Waals surface area contributed by atoms with Gasteiger partial charge >= 0.3 is 0 Å². The van der Waals surface area contributed by atoms with E-state index in [0.717, 1.165) is 52.9 Å². The highest BCUT2D eigenvalue weighted by Gasteiger charge is 2.28. The van der Waals surface area contributed by atoms with E-state index < -0.39 is 0 Å². The van der Waals surface area contributed by atoms with Crippen LogP contribution in [0.1, 0.15) is 31.0 Å². The van der Waals surface area contributed by atoms with Crippen molar-refractivity contribution in [3.63, 3.8) is 0 Å². The number of para-hydroxylation sites is 1. The Bertz CT molecular complexity index is 1270. The predicted octanol–water partition coefficient (Wildman–Crippen LogP) is 5.55. The number of hydrogen-bond acceptors (Lipinski definition) is 5. The third-order valence-electron chi connectivity index (χ3n) is 6.10. The molecule has 5 nitrogen and oxygen atoms in total. The first kappa shape index (κ1) is 22.4. The number of pyridine rings is 1. The number of benzene rings is 2. The van der Waals surface area contributed by atoms with Crippen LogP contribution in [0, 0.1) is 11.8 Å². The van der Waals surface area contributed by atoms with Crippen LogP contribution in [0.3, 0.4) is 0 Å². The van der Waals surface area contributed by atoms with Gasteiger partial charge in [-0.25, -0.2) is 0 Å². The van der Waals surface area contributed by atoms with Gasteiger partial charge in [0.25, 0.3) is 0 Å². The molecule has 1 N–H and O–H groups in total. The first-order valence-corrected chi connectivity index (χ1v) is 11.7. The van der Waals surface area contributed by atoms with Gasteiger partial charge in [0.2, 0.25) is 0 Å². The normalized spacial score (nSPS) is 20.1. The molecule has 3 atom stereocenters. The van der Waals surface area contributed by atoms with Gasteiger partial charge in [-0.2, -0.15) is 0 Å². The second-order valence-corrected chi connectivity index (χ2v) is 8.44. The van der Waals surface area contributed by atoms with Crippen LogP contribution in [0.5, 0.6) is 0 Å². The second kappa shape index (κ2) is 10.7. The maximum atomic E-state index is 6.13. The van der Waals surface area contributed by atoms with Crippen molar-refractivity contribution in [2.24, 2.45) is 0 Å². The third kappa shape index (κ3) is 5.21. The number of furan rings is 1. The minimum atomic E-state index is -0.244. The minimum absolute atomic E-state index is 0.0536. The summed E-state index contributed by atoms with van der Waals surface area (Å²) >= 11 is 0. The zero-order valence-electron chi connectivity index (χ0n) is 19.2. The predicted molar refractivity (Wildman–Crippen MR) is 133 cm³/mol. The van der Waals surface area contributed by atoms with Crippen LogP contribution in [0.15, 0.2) is 83.4 Å². The Labute approximate surface area is 200 Å². The summed E-state index contributed by atoms with van der Waals surface area (Å²) in [7, 11) is 0. The van der Waals surface area contributed by atoms with Crippen LogP contribution in [0.2, 0.25) is 0 Å². The van der Waals surface area contributed by atoms with Gasteiger partial charge in [-0.05, 0) is 37.6 Å². The van der Waals surface area contributed by atoms with Crippen LogP contribution in [-0.4, -0.2) is 30.0 Å². The molecule has 0 amide bonds. The number of nitrogens with zero attached hydrogens (tertiary/aromatic N) is 1. The smallest absolute Gasteiger partial charge is 0.159 e. The summed E-state index contributed by atoms with van der Waals surface area (Å²) in [6.07, 6.45) is 3.44. The summed E-state index contributed by atoms with van der Waals surface area (Å²) in [5, 5.41) is 4.56. The van der Waals surface area contributed by atoms with E-state index in [2.05, 4.69) is 29.1 Å². The van der Waals surface area contributed by atoms with Crippen molar-refractivity contribution in [3.8, 4) is 23.2 Å². The molecule has 0 spiro atoms. The van der Waals surface area contributed by atoms with E-state index >= 15 is 0 Å². The molecule has 0 radical (unpaired) electrons. The monoisotopic (exact) mass is 452 g/mol. The Morgan fingerprint density at radius 2 is 1.82 bits per heavy atom. The van der Waals surface area contributed by atoms with Crippen molar-refractivity contribution in [1.82, 2.24) is 10.3 Å². The van der Waals surface area contributed by atoms with Crippen LogP contribution < -0.4 is 5.32 Å². The third-order valence-corrected chi connectivity index (χ3v) is 6.10. The molecule has 34 heavy (non-hydrogen) atoms. The fourth-order valence-electron chi connectivity index (χ4n) is 4.30. The number of hydrogen-bond donors (Lipinski definition) is 1. The number of ether oxygens (including phenoxy) is 2. The van der Waals surface area contributed by atoms with Gasteiger partial charge in [-0.1, -0.05) is 60.4 Å². The molecule has 4 aromatic rings. The summed E-state index contributed by atoms with van der Waals surface area (Å²) in [5.41, 5.74) is 3.77. The number of fused-ring (bicyclic) bond motifs is 1. The summed E-state index contributed by atoms with van der Waals surface area (Å²) < 4.78 is 18.2. The summed E-state index contributed by atoms with van der Waals surface area (Å²) in [6, 6.07) is 24.3. The van der Waals surface area contributed by atoms with E-state index in [0.29, 0.717) is 6.61 Å². The quantitative estimate of drug-likeness (QED) is 0.389. The average Bonchev–Trinajstić information content (AvgIpc) is 3.26. The number of nitrogens with one attached hydrogen (secondary N) is 1. The molecule has 0 bridgehead atoms. The van der Waals surface area contributed by atoms with Gasteiger partial charge in [0.05, 0.1) is 17.4 Å².